The lowest BCUT2D eigenvalue weighted by Crippen LogP contribution is -2.35. The van der Waals surface area contributed by atoms with Gasteiger partial charge in [-0.2, -0.15) is 0 Å². The Morgan fingerprint density at radius 2 is 1.92 bits per heavy atom. The fourth-order valence-corrected chi connectivity index (χ4v) is 5.04. The van der Waals surface area contributed by atoms with Crippen LogP contribution in [0.15, 0.2) is 36.8 Å². The Kier molecular flexibility index (Phi) is 8.41. The summed E-state index contributed by atoms with van der Waals surface area (Å²) in [7, 11) is 0. The van der Waals surface area contributed by atoms with Gasteiger partial charge in [0.1, 0.15) is 17.0 Å². The van der Waals surface area contributed by atoms with E-state index in [-0.39, 0.29) is 40.4 Å². The third-order valence-corrected chi connectivity index (χ3v) is 6.82. The average molecular weight is 547 g/mol. The molecule has 9 nitrogen and oxygen atoms in total. The molecular weight excluding hydrogens is 522 g/mol. The second-order valence-electron chi connectivity index (χ2n) is 8.26. The van der Waals surface area contributed by atoms with Crippen LogP contribution in [0.25, 0.3) is 32.6 Å². The fraction of sp³-hybridized carbons (Fsp3) is 0.292. The molecule has 4 heterocycles. The maximum absolute atomic E-state index is 15.7. The number of halogens is 3. The van der Waals surface area contributed by atoms with E-state index in [1.807, 2.05) is 0 Å². The lowest BCUT2D eigenvalue weighted by atomic mass is 10.0. The first-order chi connectivity index (χ1) is 17.5. The summed E-state index contributed by atoms with van der Waals surface area (Å²) in [5, 5.41) is 12.0. The Bertz CT molecular complexity index is 1400. The van der Waals surface area contributed by atoms with Crippen molar-refractivity contribution in [3.63, 3.8) is 0 Å². The van der Waals surface area contributed by atoms with Gasteiger partial charge in [0.05, 0.1) is 4.70 Å². The van der Waals surface area contributed by atoms with E-state index in [1.54, 1.807) is 6.92 Å². The van der Waals surface area contributed by atoms with Crippen LogP contribution in [-0.2, 0) is 0 Å². The van der Waals surface area contributed by atoms with Crippen molar-refractivity contribution in [2.24, 2.45) is 0 Å². The minimum Gasteiger partial charge on any atom is -0.351 e. The van der Waals surface area contributed by atoms with Gasteiger partial charge in [-0.25, -0.2) is 28.5 Å². The lowest BCUT2D eigenvalue weighted by Gasteiger charge is -2.23. The highest BCUT2D eigenvalue weighted by molar-refractivity contribution is 7.22. The molecule has 1 aliphatic heterocycles. The number of thiazole rings is 1. The van der Waals surface area contributed by atoms with Crippen molar-refractivity contribution in [3.8, 4) is 22.4 Å². The first kappa shape index (κ1) is 26.6. The van der Waals surface area contributed by atoms with Crippen LogP contribution in [0.2, 0.25) is 0 Å². The summed E-state index contributed by atoms with van der Waals surface area (Å²) in [4.78, 5) is 29.2. The zero-order valence-corrected chi connectivity index (χ0v) is 21.5. The summed E-state index contributed by atoms with van der Waals surface area (Å²) in [5.74, 6) is -0.709. The van der Waals surface area contributed by atoms with Gasteiger partial charge in [-0.15, -0.1) is 12.4 Å². The van der Waals surface area contributed by atoms with Gasteiger partial charge in [-0.3, -0.25) is 10.3 Å². The van der Waals surface area contributed by atoms with E-state index in [2.05, 4.69) is 41.2 Å². The zero-order valence-electron chi connectivity index (χ0n) is 19.8. The maximum atomic E-state index is 15.7. The molecule has 4 N–H and O–H groups in total. The van der Waals surface area contributed by atoms with Gasteiger partial charge in [0.2, 0.25) is 5.95 Å². The van der Waals surface area contributed by atoms with Crippen LogP contribution < -0.4 is 21.3 Å². The molecule has 0 bridgehead atoms. The number of aromatic nitrogens is 4. The molecule has 2 amide bonds. The van der Waals surface area contributed by atoms with Gasteiger partial charge in [-0.1, -0.05) is 11.3 Å². The van der Waals surface area contributed by atoms with Crippen molar-refractivity contribution >= 4 is 51.1 Å². The summed E-state index contributed by atoms with van der Waals surface area (Å²) in [5.41, 5.74) is 0.987. The number of urea groups is 1. The minimum absolute atomic E-state index is 0. The Labute approximate surface area is 222 Å². The van der Waals surface area contributed by atoms with E-state index in [1.165, 1.54) is 36.8 Å². The number of rotatable bonds is 6. The van der Waals surface area contributed by atoms with Gasteiger partial charge in [0, 0.05) is 47.9 Å². The number of carbonyl (C=O) groups excluding carboxylic acids is 1. The quantitative estimate of drug-likeness (QED) is 0.274. The van der Waals surface area contributed by atoms with Crippen molar-refractivity contribution in [1.29, 1.82) is 0 Å². The highest BCUT2D eigenvalue weighted by Gasteiger charge is 2.22. The number of hydrogen-bond donors (Lipinski definition) is 4. The van der Waals surface area contributed by atoms with E-state index in [0.717, 1.165) is 37.3 Å². The normalized spacial score (nSPS) is 13.7. The Balaban J connectivity index is 0.00000320. The largest absolute Gasteiger partial charge is 0.351 e. The number of amides is 2. The predicted octanol–water partition coefficient (Wildman–Crippen LogP) is 4.82. The number of pyridine rings is 1. The predicted molar refractivity (Wildman–Crippen MR) is 143 cm³/mol. The second-order valence-corrected chi connectivity index (χ2v) is 9.26. The number of fused-ring (bicyclic) bond motifs is 1. The van der Waals surface area contributed by atoms with Crippen LogP contribution in [0.3, 0.4) is 0 Å². The molecule has 1 aliphatic rings. The molecule has 13 heteroatoms. The molecule has 194 valence electrons. The molecular formula is C24H25ClF2N8OS. The zero-order chi connectivity index (χ0) is 25.1. The standard InChI is InChI=1S/C24H24F2N8OS.ClH/c1-2-28-23(35)34-24-33-20-18(26)15(10-16(21(20)36-24)19-17(25)4-3-7-29-19)13-11-30-22(31-12-13)32-14-5-8-27-9-6-14;/h3-4,7,10-12,14,27H,2,5-6,8-9H2,1H3,(H,30,31,32)(H2,28,33,34,35);1H. The number of anilines is 2. The molecule has 0 aliphatic carbocycles. The van der Waals surface area contributed by atoms with Gasteiger partial charge in [0.25, 0.3) is 0 Å². The van der Waals surface area contributed by atoms with E-state index in [0.29, 0.717) is 28.3 Å². The highest BCUT2D eigenvalue weighted by atomic mass is 35.5. The SMILES string of the molecule is CCNC(=O)Nc1nc2c(F)c(-c3cnc(NC4CCNCC4)nc3)cc(-c3ncccc3F)c2s1.Cl. The third-order valence-electron chi connectivity index (χ3n) is 5.81. The van der Waals surface area contributed by atoms with Gasteiger partial charge in [0.15, 0.2) is 10.9 Å². The van der Waals surface area contributed by atoms with Crippen molar-refractivity contribution in [3.05, 3.63) is 48.4 Å². The Hall–Kier alpha value is -3.48. The minimum atomic E-state index is -0.618. The molecule has 1 fully saturated rings. The number of nitrogens with one attached hydrogen (secondary N) is 4. The molecule has 5 rings (SSSR count). The Morgan fingerprint density at radius 3 is 2.62 bits per heavy atom. The molecule has 0 radical (unpaired) electrons. The summed E-state index contributed by atoms with van der Waals surface area (Å²) in [6.45, 7) is 4.06. The van der Waals surface area contributed by atoms with Gasteiger partial charge >= 0.3 is 6.03 Å². The van der Waals surface area contributed by atoms with E-state index < -0.39 is 17.7 Å². The van der Waals surface area contributed by atoms with Crippen LogP contribution in [0, 0.1) is 11.6 Å². The topological polar surface area (TPSA) is 117 Å². The van der Waals surface area contributed by atoms with Gasteiger partial charge in [-0.05, 0) is 51.1 Å². The summed E-state index contributed by atoms with van der Waals surface area (Å²) >= 11 is 1.05. The smallest absolute Gasteiger partial charge is 0.321 e. The van der Waals surface area contributed by atoms with E-state index in [9.17, 15) is 9.18 Å². The number of piperidine rings is 1. The second kappa shape index (κ2) is 11.7. The number of benzene rings is 1. The molecule has 4 aromatic rings. The number of nitrogens with zero attached hydrogens (tertiary/aromatic N) is 4. The molecule has 0 unspecified atom stereocenters. The van der Waals surface area contributed by atoms with Crippen LogP contribution >= 0.6 is 23.7 Å². The van der Waals surface area contributed by atoms with Crippen molar-refractivity contribution in [2.45, 2.75) is 25.8 Å². The fourth-order valence-electron chi connectivity index (χ4n) is 4.07. The first-order valence-electron chi connectivity index (χ1n) is 11.6. The van der Waals surface area contributed by atoms with Crippen LogP contribution in [0.4, 0.5) is 24.7 Å². The first-order valence-corrected chi connectivity index (χ1v) is 12.4. The average Bonchev–Trinajstić information content (AvgIpc) is 3.30. The third kappa shape index (κ3) is 5.76. The molecule has 3 aromatic heterocycles. The summed E-state index contributed by atoms with van der Waals surface area (Å²) in [6, 6.07) is 4.10. The van der Waals surface area contributed by atoms with Crippen molar-refractivity contribution < 1.29 is 13.6 Å². The lowest BCUT2D eigenvalue weighted by molar-refractivity contribution is 0.252. The van der Waals surface area contributed by atoms with E-state index >= 15 is 4.39 Å². The van der Waals surface area contributed by atoms with Crippen LogP contribution in [0.1, 0.15) is 19.8 Å². The van der Waals surface area contributed by atoms with E-state index in [4.69, 9.17) is 0 Å². The van der Waals surface area contributed by atoms with Crippen molar-refractivity contribution in [1.82, 2.24) is 30.6 Å². The van der Waals surface area contributed by atoms with Crippen molar-refractivity contribution in [2.75, 3.05) is 30.3 Å². The highest BCUT2D eigenvalue weighted by Crippen LogP contribution is 2.40. The molecule has 0 atom stereocenters. The maximum Gasteiger partial charge on any atom is 0.321 e. The number of hydrogen-bond acceptors (Lipinski definition) is 8. The summed E-state index contributed by atoms with van der Waals surface area (Å²) in [6.07, 6.45) is 6.45. The summed E-state index contributed by atoms with van der Waals surface area (Å²) < 4.78 is 30.9. The van der Waals surface area contributed by atoms with Crippen LogP contribution in [0.5, 0.6) is 0 Å². The monoisotopic (exact) mass is 546 g/mol. The molecule has 1 aromatic carbocycles. The Morgan fingerprint density at radius 1 is 1.16 bits per heavy atom. The van der Waals surface area contributed by atoms with Gasteiger partial charge < -0.3 is 16.0 Å². The molecule has 0 spiro atoms. The number of carbonyl (C=O) groups is 1. The molecule has 37 heavy (non-hydrogen) atoms. The molecule has 1 saturated heterocycles. The van der Waals surface area contributed by atoms with Crippen LogP contribution in [-0.4, -0.2) is 51.6 Å². The molecule has 0 saturated carbocycles.